The normalized spacial score (nSPS) is 22.1. The monoisotopic (exact) mass is 405 g/mol. The van der Waals surface area contributed by atoms with E-state index in [2.05, 4.69) is 10.6 Å². The number of fused-ring (bicyclic) bond motifs is 1. The summed E-state index contributed by atoms with van der Waals surface area (Å²) in [4.78, 5) is 42.7. The quantitative estimate of drug-likeness (QED) is 0.727. The SMILES string of the molecule is Cn1cccc1C1CCCN1C(=O)c1ccc2c(c1)C(=O)N(C1CCCCC1)C2=O. The van der Waals surface area contributed by atoms with E-state index in [1.165, 1.54) is 4.90 Å². The van der Waals surface area contributed by atoms with E-state index >= 15 is 0 Å². The van der Waals surface area contributed by atoms with Crippen LogP contribution in [0.1, 0.15) is 87.8 Å². The predicted molar refractivity (Wildman–Crippen MR) is 112 cm³/mol. The molecule has 1 unspecified atom stereocenters. The molecule has 2 fully saturated rings. The van der Waals surface area contributed by atoms with Crippen LogP contribution in [0.3, 0.4) is 0 Å². The molecule has 1 aromatic carbocycles. The number of hydrogen-bond donors (Lipinski definition) is 0. The number of carbonyl (C=O) groups is 3. The van der Waals surface area contributed by atoms with Gasteiger partial charge in [0.1, 0.15) is 0 Å². The van der Waals surface area contributed by atoms with Crippen molar-refractivity contribution in [1.82, 2.24) is 14.4 Å². The lowest BCUT2D eigenvalue weighted by molar-refractivity contribution is 0.0548. The summed E-state index contributed by atoms with van der Waals surface area (Å²) in [5, 5.41) is 0. The van der Waals surface area contributed by atoms with Crippen LogP contribution in [0.15, 0.2) is 36.5 Å². The molecule has 0 spiro atoms. The summed E-state index contributed by atoms with van der Waals surface area (Å²) in [6, 6.07) is 9.10. The van der Waals surface area contributed by atoms with Crippen molar-refractivity contribution in [2.24, 2.45) is 7.05 Å². The summed E-state index contributed by atoms with van der Waals surface area (Å²) in [6.45, 7) is 0.701. The van der Waals surface area contributed by atoms with Crippen LogP contribution >= 0.6 is 0 Å². The van der Waals surface area contributed by atoms with Crippen LogP contribution in [-0.4, -0.2) is 44.7 Å². The zero-order chi connectivity index (χ0) is 20.8. The summed E-state index contributed by atoms with van der Waals surface area (Å²) < 4.78 is 2.06. The minimum Gasteiger partial charge on any atom is -0.353 e. The van der Waals surface area contributed by atoms with Crippen LogP contribution in [0.2, 0.25) is 0 Å². The highest BCUT2D eigenvalue weighted by Crippen LogP contribution is 2.35. The lowest BCUT2D eigenvalue weighted by Gasteiger charge is -2.29. The predicted octanol–water partition coefficient (Wildman–Crippen LogP) is 3.93. The molecule has 1 saturated carbocycles. The largest absolute Gasteiger partial charge is 0.353 e. The molecule has 2 aliphatic heterocycles. The van der Waals surface area contributed by atoms with Gasteiger partial charge in [0.25, 0.3) is 17.7 Å². The maximum atomic E-state index is 13.3. The molecule has 0 radical (unpaired) electrons. The molecule has 30 heavy (non-hydrogen) atoms. The van der Waals surface area contributed by atoms with Crippen molar-refractivity contribution in [3.05, 3.63) is 58.9 Å². The zero-order valence-corrected chi connectivity index (χ0v) is 17.3. The smallest absolute Gasteiger partial charge is 0.261 e. The van der Waals surface area contributed by atoms with Crippen LogP contribution in [0.5, 0.6) is 0 Å². The number of nitrogens with zero attached hydrogens (tertiary/aromatic N) is 3. The van der Waals surface area contributed by atoms with E-state index in [1.807, 2.05) is 24.2 Å². The standard InChI is InChI=1S/C24H27N3O3/c1-25-13-5-9-20(25)21-10-6-14-26(21)22(28)16-11-12-18-19(15-16)24(30)27(23(18)29)17-7-3-2-4-8-17/h5,9,11-13,15,17,21H,2-4,6-8,10,14H2,1H3. The van der Waals surface area contributed by atoms with Gasteiger partial charge in [-0.2, -0.15) is 0 Å². The first kappa shape index (κ1) is 19.1. The summed E-state index contributed by atoms with van der Waals surface area (Å²) >= 11 is 0. The Labute approximate surface area is 176 Å². The van der Waals surface area contributed by atoms with Gasteiger partial charge < -0.3 is 9.47 Å². The van der Waals surface area contributed by atoms with Gasteiger partial charge in [0, 0.05) is 37.1 Å². The second-order valence-corrected chi connectivity index (χ2v) is 8.73. The van der Waals surface area contributed by atoms with Gasteiger partial charge in [-0.25, -0.2) is 0 Å². The van der Waals surface area contributed by atoms with E-state index in [0.29, 0.717) is 23.2 Å². The Balaban J connectivity index is 1.42. The lowest BCUT2D eigenvalue weighted by atomic mass is 9.94. The first-order valence-electron chi connectivity index (χ1n) is 11.0. The number of imide groups is 1. The fourth-order valence-electron chi connectivity index (χ4n) is 5.37. The van der Waals surface area contributed by atoms with Gasteiger partial charge in [0.15, 0.2) is 0 Å². The summed E-state index contributed by atoms with van der Waals surface area (Å²) in [5.74, 6) is -0.515. The Morgan fingerprint density at radius 1 is 0.933 bits per heavy atom. The Morgan fingerprint density at radius 3 is 2.43 bits per heavy atom. The number of aryl methyl sites for hydroxylation is 1. The van der Waals surface area contributed by atoms with Crippen molar-refractivity contribution in [3.8, 4) is 0 Å². The van der Waals surface area contributed by atoms with Crippen LogP contribution in [-0.2, 0) is 7.05 Å². The molecule has 156 valence electrons. The molecular weight excluding hydrogens is 378 g/mol. The third-order valence-electron chi connectivity index (χ3n) is 6.94. The van der Waals surface area contributed by atoms with Gasteiger partial charge in [-0.1, -0.05) is 19.3 Å². The highest BCUT2D eigenvalue weighted by Gasteiger charge is 2.41. The van der Waals surface area contributed by atoms with E-state index in [4.69, 9.17) is 0 Å². The minimum absolute atomic E-state index is 0.00870. The molecular formula is C24H27N3O3. The van der Waals surface area contributed by atoms with Gasteiger partial charge in [-0.3, -0.25) is 19.3 Å². The molecule has 3 amide bonds. The van der Waals surface area contributed by atoms with Crippen molar-refractivity contribution in [2.45, 2.75) is 57.0 Å². The fourth-order valence-corrected chi connectivity index (χ4v) is 5.37. The highest BCUT2D eigenvalue weighted by molar-refractivity contribution is 6.22. The lowest BCUT2D eigenvalue weighted by Crippen LogP contribution is -2.40. The van der Waals surface area contributed by atoms with Crippen LogP contribution in [0.25, 0.3) is 0 Å². The summed E-state index contributed by atoms with van der Waals surface area (Å²) in [6.07, 6.45) is 8.91. The van der Waals surface area contributed by atoms with E-state index in [0.717, 1.165) is 50.6 Å². The number of amides is 3. The maximum absolute atomic E-state index is 13.3. The first-order valence-corrected chi connectivity index (χ1v) is 11.0. The molecule has 1 aromatic heterocycles. The molecule has 0 N–H and O–H groups in total. The Bertz CT molecular complexity index is 1020. The van der Waals surface area contributed by atoms with Crippen LogP contribution in [0.4, 0.5) is 0 Å². The Morgan fingerprint density at radius 2 is 1.70 bits per heavy atom. The van der Waals surface area contributed by atoms with Crippen molar-refractivity contribution < 1.29 is 14.4 Å². The number of hydrogen-bond acceptors (Lipinski definition) is 3. The fraction of sp³-hybridized carbons (Fsp3) is 0.458. The van der Waals surface area contributed by atoms with E-state index in [1.54, 1.807) is 18.2 Å². The maximum Gasteiger partial charge on any atom is 0.261 e. The van der Waals surface area contributed by atoms with Crippen LogP contribution in [0, 0.1) is 0 Å². The molecule has 6 nitrogen and oxygen atoms in total. The Kier molecular flexibility index (Phi) is 4.72. The first-order chi connectivity index (χ1) is 14.6. The molecule has 5 rings (SSSR count). The van der Waals surface area contributed by atoms with Crippen molar-refractivity contribution in [1.29, 1.82) is 0 Å². The molecule has 1 saturated heterocycles. The Hall–Kier alpha value is -2.89. The third kappa shape index (κ3) is 2.97. The number of aromatic nitrogens is 1. The molecule has 6 heteroatoms. The summed E-state index contributed by atoms with van der Waals surface area (Å²) in [7, 11) is 2.00. The molecule has 2 aromatic rings. The van der Waals surface area contributed by atoms with Crippen LogP contribution < -0.4 is 0 Å². The topological polar surface area (TPSA) is 62.6 Å². The van der Waals surface area contributed by atoms with Crippen molar-refractivity contribution >= 4 is 17.7 Å². The van der Waals surface area contributed by atoms with Gasteiger partial charge >= 0.3 is 0 Å². The highest BCUT2D eigenvalue weighted by atomic mass is 16.2. The number of likely N-dealkylation sites (tertiary alicyclic amines) is 1. The minimum atomic E-state index is -0.239. The van der Waals surface area contributed by atoms with Gasteiger partial charge in [-0.05, 0) is 56.0 Å². The number of rotatable bonds is 3. The molecule has 1 atom stereocenters. The van der Waals surface area contributed by atoms with Gasteiger partial charge in [0.2, 0.25) is 0 Å². The third-order valence-corrected chi connectivity index (χ3v) is 6.94. The van der Waals surface area contributed by atoms with Crippen molar-refractivity contribution in [2.75, 3.05) is 6.54 Å². The second-order valence-electron chi connectivity index (χ2n) is 8.73. The van der Waals surface area contributed by atoms with Gasteiger partial charge in [-0.15, -0.1) is 0 Å². The van der Waals surface area contributed by atoms with Crippen molar-refractivity contribution in [3.63, 3.8) is 0 Å². The van der Waals surface area contributed by atoms with E-state index < -0.39 is 0 Å². The molecule has 3 aliphatic rings. The zero-order valence-electron chi connectivity index (χ0n) is 17.3. The number of carbonyl (C=O) groups excluding carboxylic acids is 3. The molecule has 1 aliphatic carbocycles. The average molecular weight is 405 g/mol. The second kappa shape index (κ2) is 7.42. The number of benzene rings is 1. The van der Waals surface area contributed by atoms with E-state index in [-0.39, 0.29) is 29.8 Å². The molecule has 0 bridgehead atoms. The summed E-state index contributed by atoms with van der Waals surface area (Å²) in [5.41, 5.74) is 2.42. The van der Waals surface area contributed by atoms with E-state index in [9.17, 15) is 14.4 Å². The van der Waals surface area contributed by atoms with Gasteiger partial charge in [0.05, 0.1) is 17.2 Å². The average Bonchev–Trinajstić information content (AvgIpc) is 3.47. The molecule has 3 heterocycles.